The highest BCUT2D eigenvalue weighted by molar-refractivity contribution is 7.98. The second kappa shape index (κ2) is 10.4. The fraction of sp³-hybridized carbons (Fsp3) is 0.350. The van der Waals surface area contributed by atoms with Crippen molar-refractivity contribution < 1.29 is 17.9 Å². The van der Waals surface area contributed by atoms with Crippen molar-refractivity contribution in [2.45, 2.75) is 12.7 Å². The first kappa shape index (κ1) is 22.1. The molecule has 0 atom stereocenters. The SMILES string of the molecule is COc1ccc(N(CC(=O)NCCSCc2cccc(C)c2)S(C)(=O)=O)cc1. The lowest BCUT2D eigenvalue weighted by Crippen LogP contribution is -2.41. The monoisotopic (exact) mass is 422 g/mol. The van der Waals surface area contributed by atoms with Gasteiger partial charge in [-0.1, -0.05) is 29.8 Å². The van der Waals surface area contributed by atoms with Crippen LogP contribution in [-0.4, -0.2) is 46.5 Å². The van der Waals surface area contributed by atoms with Gasteiger partial charge in [-0.3, -0.25) is 9.10 Å². The zero-order valence-electron chi connectivity index (χ0n) is 16.3. The van der Waals surface area contributed by atoms with Crippen molar-refractivity contribution in [1.29, 1.82) is 0 Å². The largest absolute Gasteiger partial charge is 0.497 e. The van der Waals surface area contributed by atoms with E-state index < -0.39 is 10.0 Å². The molecule has 1 amide bonds. The average molecular weight is 423 g/mol. The number of aryl methyl sites for hydroxylation is 1. The number of ether oxygens (including phenoxy) is 1. The molecule has 28 heavy (non-hydrogen) atoms. The summed E-state index contributed by atoms with van der Waals surface area (Å²) in [5, 5.41) is 2.78. The third-order valence-corrected chi connectivity index (χ3v) is 6.14. The van der Waals surface area contributed by atoms with Crippen LogP contribution in [-0.2, 0) is 20.6 Å². The first-order valence-corrected chi connectivity index (χ1v) is 11.8. The van der Waals surface area contributed by atoms with Crippen LogP contribution in [0.3, 0.4) is 0 Å². The van der Waals surface area contributed by atoms with E-state index in [1.807, 2.05) is 6.07 Å². The minimum Gasteiger partial charge on any atom is -0.497 e. The van der Waals surface area contributed by atoms with Crippen LogP contribution in [0.2, 0.25) is 0 Å². The molecule has 0 saturated carbocycles. The number of rotatable bonds is 10. The minimum atomic E-state index is -3.58. The number of nitrogens with zero attached hydrogens (tertiary/aromatic N) is 1. The Morgan fingerprint density at radius 2 is 1.89 bits per heavy atom. The second-order valence-corrected chi connectivity index (χ2v) is 9.37. The van der Waals surface area contributed by atoms with Gasteiger partial charge < -0.3 is 10.1 Å². The number of hydrogen-bond acceptors (Lipinski definition) is 5. The van der Waals surface area contributed by atoms with Gasteiger partial charge in [-0.25, -0.2) is 8.42 Å². The summed E-state index contributed by atoms with van der Waals surface area (Å²) >= 11 is 1.72. The topological polar surface area (TPSA) is 75.7 Å². The first-order chi connectivity index (χ1) is 13.3. The number of anilines is 1. The molecule has 0 bridgehead atoms. The Hall–Kier alpha value is -2.19. The van der Waals surface area contributed by atoms with Crippen LogP contribution in [0, 0.1) is 6.92 Å². The summed E-state index contributed by atoms with van der Waals surface area (Å²) in [6.07, 6.45) is 1.09. The summed E-state index contributed by atoms with van der Waals surface area (Å²) in [6, 6.07) is 14.9. The molecule has 0 aromatic heterocycles. The summed E-state index contributed by atoms with van der Waals surface area (Å²) < 4.78 is 30.4. The molecule has 1 N–H and O–H groups in total. The van der Waals surface area contributed by atoms with Crippen molar-refractivity contribution >= 4 is 33.4 Å². The van der Waals surface area contributed by atoms with Crippen LogP contribution >= 0.6 is 11.8 Å². The van der Waals surface area contributed by atoms with Gasteiger partial charge in [0.05, 0.1) is 19.1 Å². The Morgan fingerprint density at radius 1 is 1.18 bits per heavy atom. The molecule has 2 aromatic carbocycles. The van der Waals surface area contributed by atoms with Gasteiger partial charge >= 0.3 is 0 Å². The summed E-state index contributed by atoms with van der Waals surface area (Å²) in [6.45, 7) is 2.29. The van der Waals surface area contributed by atoms with E-state index in [9.17, 15) is 13.2 Å². The van der Waals surface area contributed by atoms with Gasteiger partial charge in [0.1, 0.15) is 12.3 Å². The summed E-state index contributed by atoms with van der Waals surface area (Å²) in [4.78, 5) is 12.2. The third-order valence-electron chi connectivity index (χ3n) is 3.97. The Bertz CT molecular complexity index is 883. The number of methoxy groups -OCH3 is 1. The van der Waals surface area contributed by atoms with Crippen molar-refractivity contribution in [1.82, 2.24) is 5.32 Å². The molecule has 0 saturated heterocycles. The highest BCUT2D eigenvalue weighted by atomic mass is 32.2. The molecular formula is C20H26N2O4S2. The molecule has 0 aliphatic rings. The number of hydrogen-bond donors (Lipinski definition) is 1. The van der Waals surface area contributed by atoms with E-state index in [0.717, 1.165) is 22.1 Å². The van der Waals surface area contributed by atoms with Crippen LogP contribution in [0.25, 0.3) is 0 Å². The molecule has 0 radical (unpaired) electrons. The molecule has 2 rings (SSSR count). The number of amides is 1. The minimum absolute atomic E-state index is 0.256. The fourth-order valence-electron chi connectivity index (χ4n) is 2.59. The van der Waals surface area contributed by atoms with Crippen molar-refractivity contribution in [3.63, 3.8) is 0 Å². The molecule has 6 nitrogen and oxygen atoms in total. The van der Waals surface area contributed by atoms with Gasteiger partial charge in [0.25, 0.3) is 0 Å². The zero-order chi connectivity index (χ0) is 20.6. The lowest BCUT2D eigenvalue weighted by atomic mass is 10.2. The van der Waals surface area contributed by atoms with E-state index in [4.69, 9.17) is 4.74 Å². The predicted molar refractivity (Wildman–Crippen MR) is 116 cm³/mol. The standard InChI is InChI=1S/C20H26N2O4S2/c1-16-5-4-6-17(13-16)15-27-12-11-21-20(23)14-22(28(3,24)25)18-7-9-19(26-2)10-8-18/h4-10,13H,11-12,14-15H2,1-3H3,(H,21,23). The lowest BCUT2D eigenvalue weighted by molar-refractivity contribution is -0.119. The van der Waals surface area contributed by atoms with Gasteiger partial charge in [-0.05, 0) is 36.8 Å². The molecule has 0 spiro atoms. The molecule has 0 unspecified atom stereocenters. The van der Waals surface area contributed by atoms with Gasteiger partial charge in [-0.2, -0.15) is 11.8 Å². The average Bonchev–Trinajstić information content (AvgIpc) is 2.65. The number of nitrogens with one attached hydrogen (secondary N) is 1. The molecule has 152 valence electrons. The molecule has 0 aliphatic heterocycles. The van der Waals surface area contributed by atoms with Crippen molar-refractivity contribution in [3.8, 4) is 5.75 Å². The maximum atomic E-state index is 12.2. The molecular weight excluding hydrogens is 396 g/mol. The third kappa shape index (κ3) is 7.09. The number of carbonyl (C=O) groups is 1. The number of benzene rings is 2. The maximum absolute atomic E-state index is 12.2. The predicted octanol–water partition coefficient (Wildman–Crippen LogP) is 2.82. The van der Waals surface area contributed by atoms with Crippen LogP contribution in [0.1, 0.15) is 11.1 Å². The normalized spacial score (nSPS) is 11.1. The number of thioether (sulfide) groups is 1. The number of carbonyl (C=O) groups excluding carboxylic acids is 1. The Morgan fingerprint density at radius 3 is 2.50 bits per heavy atom. The van der Waals surface area contributed by atoms with Crippen molar-refractivity contribution in [2.75, 3.05) is 36.5 Å². The van der Waals surface area contributed by atoms with Crippen LogP contribution in [0.4, 0.5) is 5.69 Å². The van der Waals surface area contributed by atoms with Gasteiger partial charge in [0.15, 0.2) is 0 Å². The molecule has 8 heteroatoms. The van der Waals surface area contributed by atoms with Gasteiger partial charge in [-0.15, -0.1) is 0 Å². The van der Waals surface area contributed by atoms with Crippen molar-refractivity contribution in [3.05, 3.63) is 59.7 Å². The molecule has 0 fully saturated rings. The zero-order valence-corrected chi connectivity index (χ0v) is 18.0. The van der Waals surface area contributed by atoms with E-state index in [0.29, 0.717) is 18.0 Å². The van der Waals surface area contributed by atoms with E-state index in [2.05, 4.69) is 30.4 Å². The van der Waals surface area contributed by atoms with E-state index in [1.54, 1.807) is 36.0 Å². The van der Waals surface area contributed by atoms with Crippen LogP contribution in [0.5, 0.6) is 5.75 Å². The summed E-state index contributed by atoms with van der Waals surface area (Å²) in [7, 11) is -2.05. The second-order valence-electron chi connectivity index (χ2n) is 6.36. The maximum Gasteiger partial charge on any atom is 0.240 e. The van der Waals surface area contributed by atoms with E-state index in [1.165, 1.54) is 18.2 Å². The Labute approximate surface area is 171 Å². The quantitative estimate of drug-likeness (QED) is 0.596. The highest BCUT2D eigenvalue weighted by Gasteiger charge is 2.20. The number of sulfonamides is 1. The van der Waals surface area contributed by atoms with Crippen molar-refractivity contribution in [2.24, 2.45) is 0 Å². The molecule has 0 heterocycles. The van der Waals surface area contributed by atoms with Crippen LogP contribution < -0.4 is 14.4 Å². The summed E-state index contributed by atoms with van der Waals surface area (Å²) in [5.74, 6) is 1.91. The first-order valence-electron chi connectivity index (χ1n) is 8.81. The lowest BCUT2D eigenvalue weighted by Gasteiger charge is -2.22. The van der Waals surface area contributed by atoms with Gasteiger partial charge in [0, 0.05) is 18.1 Å². The Kier molecular flexibility index (Phi) is 8.19. The van der Waals surface area contributed by atoms with E-state index >= 15 is 0 Å². The fourth-order valence-corrected chi connectivity index (χ4v) is 4.25. The molecule has 2 aromatic rings. The van der Waals surface area contributed by atoms with Crippen LogP contribution in [0.15, 0.2) is 48.5 Å². The summed E-state index contributed by atoms with van der Waals surface area (Å²) in [5.41, 5.74) is 2.90. The molecule has 0 aliphatic carbocycles. The van der Waals surface area contributed by atoms with E-state index in [-0.39, 0.29) is 12.5 Å². The smallest absolute Gasteiger partial charge is 0.240 e. The van der Waals surface area contributed by atoms with Gasteiger partial charge in [0.2, 0.25) is 15.9 Å². The Balaban J connectivity index is 1.82. The highest BCUT2D eigenvalue weighted by Crippen LogP contribution is 2.21.